The van der Waals surface area contributed by atoms with E-state index in [9.17, 15) is 24.0 Å². The predicted octanol–water partition coefficient (Wildman–Crippen LogP) is 3.77. The molecule has 2 atom stereocenters. The topological polar surface area (TPSA) is 152 Å². The minimum atomic E-state index is -1.32. The molecule has 0 aliphatic heterocycles. The highest BCUT2D eigenvalue weighted by Gasteiger charge is 2.30. The summed E-state index contributed by atoms with van der Waals surface area (Å²) in [5.74, 6) is -1.78. The first-order valence-electron chi connectivity index (χ1n) is 14.2. The molecule has 11 nitrogen and oxygen atoms in total. The predicted molar refractivity (Wildman–Crippen MR) is 162 cm³/mol. The second-order valence-electron chi connectivity index (χ2n) is 11.3. The monoisotopic (exact) mass is 600 g/mol. The molecule has 3 aromatic rings. The van der Waals surface area contributed by atoms with E-state index in [-0.39, 0.29) is 25.4 Å². The maximum Gasteiger partial charge on any atom is 0.408 e. The third-order valence-corrected chi connectivity index (χ3v) is 6.88. The second-order valence-corrected chi connectivity index (χ2v) is 11.3. The van der Waals surface area contributed by atoms with Crippen LogP contribution in [0.5, 0.6) is 0 Å². The molecular formula is C33H36N4O7. The molecule has 0 saturated heterocycles. The molecule has 3 aromatic carbocycles. The van der Waals surface area contributed by atoms with Crippen LogP contribution in [0.4, 0.5) is 9.59 Å². The van der Waals surface area contributed by atoms with Crippen LogP contribution in [-0.2, 0) is 30.3 Å². The Bertz CT molecular complexity index is 1460. The van der Waals surface area contributed by atoms with Crippen LogP contribution in [0.25, 0.3) is 11.1 Å². The summed E-state index contributed by atoms with van der Waals surface area (Å²) in [5, 5.41) is 4.91. The van der Waals surface area contributed by atoms with Crippen molar-refractivity contribution in [1.82, 2.24) is 21.5 Å². The Morgan fingerprint density at radius 2 is 1.27 bits per heavy atom. The average molecular weight is 601 g/mol. The summed E-state index contributed by atoms with van der Waals surface area (Å²) in [6, 6.07) is 22.3. The summed E-state index contributed by atoms with van der Waals surface area (Å²) < 4.78 is 10.8. The average Bonchev–Trinajstić information content (AvgIpc) is 3.31. The van der Waals surface area contributed by atoms with Crippen molar-refractivity contribution in [3.8, 4) is 11.1 Å². The smallest absolute Gasteiger partial charge is 0.408 e. The maximum atomic E-state index is 13.0. The van der Waals surface area contributed by atoms with Gasteiger partial charge in [0.05, 0.1) is 0 Å². The van der Waals surface area contributed by atoms with Crippen LogP contribution >= 0.6 is 0 Å². The molecule has 44 heavy (non-hydrogen) atoms. The Morgan fingerprint density at radius 3 is 1.84 bits per heavy atom. The quantitative estimate of drug-likeness (QED) is 0.204. The van der Waals surface area contributed by atoms with Crippen molar-refractivity contribution in [2.75, 3.05) is 6.61 Å². The molecule has 0 aromatic heterocycles. The number of benzene rings is 3. The number of alkyl carbamates (subject to hydrolysis) is 2. The summed E-state index contributed by atoms with van der Waals surface area (Å²) in [6.07, 6.45) is -1.49. The molecule has 0 radical (unpaired) electrons. The standard InChI is InChI=1S/C33H36N4O7/c1-33(2,3)44-32(42)35-28(19-21-11-5-4-6-12-21)30(40)37-36-29(39)27(17-18-38)34-31(41)43-20-26-24-15-9-7-13-22(24)23-14-8-10-16-25(23)26/h4-16,18,26-28H,17,19-20H2,1-3H3,(H,34,41)(H,35,42)(H,36,39)(H,37,40). The van der Waals surface area contributed by atoms with Gasteiger partial charge in [0.2, 0.25) is 0 Å². The Hall–Kier alpha value is -5.19. The highest BCUT2D eigenvalue weighted by atomic mass is 16.6. The van der Waals surface area contributed by atoms with Crippen molar-refractivity contribution in [2.24, 2.45) is 0 Å². The van der Waals surface area contributed by atoms with Gasteiger partial charge in [0.15, 0.2) is 0 Å². The lowest BCUT2D eigenvalue weighted by Crippen LogP contribution is -2.57. The van der Waals surface area contributed by atoms with E-state index in [1.54, 1.807) is 45.0 Å². The fraction of sp³-hybridized carbons (Fsp3) is 0.303. The molecule has 2 unspecified atom stereocenters. The Labute approximate surface area is 255 Å². The fourth-order valence-corrected chi connectivity index (χ4v) is 4.92. The van der Waals surface area contributed by atoms with Gasteiger partial charge in [-0.15, -0.1) is 0 Å². The number of carbonyl (C=O) groups is 5. The lowest BCUT2D eigenvalue weighted by molar-refractivity contribution is -0.131. The summed E-state index contributed by atoms with van der Waals surface area (Å²) in [7, 11) is 0. The summed E-state index contributed by atoms with van der Waals surface area (Å²) in [4.78, 5) is 62.3. The van der Waals surface area contributed by atoms with Crippen molar-refractivity contribution in [2.45, 2.75) is 57.2 Å². The first-order chi connectivity index (χ1) is 21.1. The van der Waals surface area contributed by atoms with E-state index in [0.717, 1.165) is 27.8 Å². The summed E-state index contributed by atoms with van der Waals surface area (Å²) in [5.41, 5.74) is 8.64. The van der Waals surface area contributed by atoms with Crippen LogP contribution in [0.3, 0.4) is 0 Å². The van der Waals surface area contributed by atoms with E-state index in [1.165, 1.54) is 0 Å². The maximum absolute atomic E-state index is 13.0. The molecule has 0 saturated carbocycles. The van der Waals surface area contributed by atoms with Crippen molar-refractivity contribution in [1.29, 1.82) is 0 Å². The van der Waals surface area contributed by atoms with E-state index in [2.05, 4.69) is 21.5 Å². The molecule has 4 amide bonds. The third kappa shape index (κ3) is 8.43. The molecule has 0 spiro atoms. The van der Waals surface area contributed by atoms with Gasteiger partial charge in [-0.1, -0.05) is 78.9 Å². The first-order valence-corrected chi connectivity index (χ1v) is 14.2. The van der Waals surface area contributed by atoms with Gasteiger partial charge in [0.1, 0.15) is 30.6 Å². The number of amides is 4. The van der Waals surface area contributed by atoms with E-state index in [1.807, 2.05) is 54.6 Å². The number of hydrazine groups is 1. The molecule has 0 bridgehead atoms. The highest BCUT2D eigenvalue weighted by molar-refractivity contribution is 5.91. The van der Waals surface area contributed by atoms with Gasteiger partial charge in [-0.2, -0.15) is 0 Å². The van der Waals surface area contributed by atoms with Gasteiger partial charge in [0.25, 0.3) is 11.8 Å². The van der Waals surface area contributed by atoms with E-state index >= 15 is 0 Å². The molecule has 1 aliphatic carbocycles. The number of carbonyl (C=O) groups excluding carboxylic acids is 5. The van der Waals surface area contributed by atoms with Crippen LogP contribution in [0.15, 0.2) is 78.9 Å². The Morgan fingerprint density at radius 1 is 0.750 bits per heavy atom. The van der Waals surface area contributed by atoms with Gasteiger partial charge in [-0.05, 0) is 48.6 Å². The van der Waals surface area contributed by atoms with Crippen molar-refractivity contribution < 1.29 is 33.4 Å². The van der Waals surface area contributed by atoms with Crippen LogP contribution in [0.1, 0.15) is 49.8 Å². The molecule has 230 valence electrons. The van der Waals surface area contributed by atoms with Crippen LogP contribution < -0.4 is 21.5 Å². The Kier molecular flexibility index (Phi) is 10.3. The van der Waals surface area contributed by atoms with Crippen molar-refractivity contribution in [3.05, 3.63) is 95.6 Å². The lowest BCUT2D eigenvalue weighted by Gasteiger charge is -2.24. The third-order valence-electron chi connectivity index (χ3n) is 6.88. The number of aldehydes is 1. The SMILES string of the molecule is CC(C)(C)OC(=O)NC(Cc1ccccc1)C(=O)NNC(=O)C(CC=O)NC(=O)OCC1c2ccccc2-c2ccccc21. The van der Waals surface area contributed by atoms with E-state index in [0.29, 0.717) is 6.29 Å². The number of fused-ring (bicyclic) bond motifs is 3. The number of hydrogen-bond donors (Lipinski definition) is 4. The number of nitrogens with one attached hydrogen (secondary N) is 4. The molecular weight excluding hydrogens is 564 g/mol. The van der Waals surface area contributed by atoms with Gasteiger partial charge in [0, 0.05) is 18.8 Å². The zero-order valence-electron chi connectivity index (χ0n) is 24.8. The minimum Gasteiger partial charge on any atom is -0.449 e. The van der Waals surface area contributed by atoms with Gasteiger partial charge in [-0.25, -0.2) is 9.59 Å². The van der Waals surface area contributed by atoms with Crippen molar-refractivity contribution >= 4 is 30.3 Å². The largest absolute Gasteiger partial charge is 0.449 e. The number of ether oxygens (including phenoxy) is 2. The van der Waals surface area contributed by atoms with E-state index in [4.69, 9.17) is 9.47 Å². The van der Waals surface area contributed by atoms with Crippen LogP contribution in [0, 0.1) is 0 Å². The van der Waals surface area contributed by atoms with Gasteiger partial charge < -0.3 is 24.9 Å². The molecule has 0 heterocycles. The van der Waals surface area contributed by atoms with Gasteiger partial charge >= 0.3 is 12.2 Å². The number of rotatable bonds is 10. The zero-order chi connectivity index (χ0) is 31.7. The molecule has 1 aliphatic rings. The molecule has 4 N–H and O–H groups in total. The van der Waals surface area contributed by atoms with Crippen molar-refractivity contribution in [3.63, 3.8) is 0 Å². The normalized spacial score (nSPS) is 13.3. The summed E-state index contributed by atoms with van der Waals surface area (Å²) >= 11 is 0. The van der Waals surface area contributed by atoms with Crippen LogP contribution in [-0.4, -0.2) is 54.6 Å². The molecule has 11 heteroatoms. The lowest BCUT2D eigenvalue weighted by atomic mass is 9.98. The zero-order valence-corrected chi connectivity index (χ0v) is 24.8. The Balaban J connectivity index is 1.35. The molecule has 0 fully saturated rings. The summed E-state index contributed by atoms with van der Waals surface area (Å²) in [6.45, 7) is 5.09. The second kappa shape index (κ2) is 14.3. The molecule has 4 rings (SSSR count). The van der Waals surface area contributed by atoms with E-state index < -0.39 is 41.7 Å². The van der Waals surface area contributed by atoms with Gasteiger partial charge in [-0.3, -0.25) is 20.4 Å². The minimum absolute atomic E-state index is 0.0174. The number of hydrogen-bond acceptors (Lipinski definition) is 7. The first kappa shape index (κ1) is 31.7. The fourth-order valence-electron chi connectivity index (χ4n) is 4.92. The highest BCUT2D eigenvalue weighted by Crippen LogP contribution is 2.44. The van der Waals surface area contributed by atoms with Crippen LogP contribution in [0.2, 0.25) is 0 Å².